The van der Waals surface area contributed by atoms with Crippen LogP contribution < -0.4 is 16.2 Å². The van der Waals surface area contributed by atoms with Gasteiger partial charge in [0.25, 0.3) is 5.56 Å². The van der Waals surface area contributed by atoms with E-state index in [9.17, 15) is 18.4 Å². The zero-order valence-corrected chi connectivity index (χ0v) is 19.3. The van der Waals surface area contributed by atoms with Gasteiger partial charge in [0.05, 0.1) is 5.69 Å². The van der Waals surface area contributed by atoms with E-state index in [1.807, 2.05) is 13.8 Å². The lowest BCUT2D eigenvalue weighted by molar-refractivity contribution is -0.123. The van der Waals surface area contributed by atoms with Gasteiger partial charge in [-0.1, -0.05) is 20.8 Å². The Hall–Kier alpha value is -2.18. The van der Waals surface area contributed by atoms with E-state index in [1.165, 1.54) is 12.1 Å². The second-order valence-electron chi connectivity index (χ2n) is 8.26. The lowest BCUT2D eigenvalue weighted by Crippen LogP contribution is -2.48. The van der Waals surface area contributed by atoms with Gasteiger partial charge in [0.15, 0.2) is 11.6 Å². The standard InChI is InChI=1S/C22H29F2N4O2P/c1-4-27-7-5-6-14(11-27)25-19(29)12-28-20(30)10-17(22(26-28)13(2)3)16-8-15(31)9-18(23)21(16)24/h8-10,13-14H,4-7,11-12,31H2,1-3H3,(H,25,29)/t14-/m0/s1. The van der Waals surface area contributed by atoms with E-state index in [0.717, 1.165) is 43.2 Å². The van der Waals surface area contributed by atoms with Gasteiger partial charge < -0.3 is 10.2 Å². The summed E-state index contributed by atoms with van der Waals surface area (Å²) >= 11 is 0. The van der Waals surface area contributed by atoms with Gasteiger partial charge in [-0.05, 0) is 49.3 Å². The van der Waals surface area contributed by atoms with E-state index in [4.69, 9.17) is 0 Å². The van der Waals surface area contributed by atoms with Gasteiger partial charge in [-0.15, -0.1) is 9.24 Å². The van der Waals surface area contributed by atoms with E-state index >= 15 is 0 Å². The predicted octanol–water partition coefficient (Wildman–Crippen LogP) is 2.41. The Morgan fingerprint density at radius 3 is 2.71 bits per heavy atom. The van der Waals surface area contributed by atoms with Crippen molar-refractivity contribution < 1.29 is 13.6 Å². The highest BCUT2D eigenvalue weighted by Crippen LogP contribution is 2.29. The maximum absolute atomic E-state index is 14.5. The fraction of sp³-hybridized carbons (Fsp3) is 0.500. The number of amides is 1. The fourth-order valence-corrected chi connectivity index (χ4v) is 4.25. The van der Waals surface area contributed by atoms with Gasteiger partial charge in [-0.3, -0.25) is 9.59 Å². The van der Waals surface area contributed by atoms with E-state index < -0.39 is 17.2 Å². The van der Waals surface area contributed by atoms with Crippen LogP contribution in [0.1, 0.15) is 45.2 Å². The number of nitrogens with one attached hydrogen (secondary N) is 1. The lowest BCUT2D eigenvalue weighted by atomic mass is 9.98. The highest BCUT2D eigenvalue weighted by molar-refractivity contribution is 7.27. The third-order valence-corrected chi connectivity index (χ3v) is 5.86. The summed E-state index contributed by atoms with van der Waals surface area (Å²) in [6.45, 7) is 8.31. The normalized spacial score (nSPS) is 17.2. The number of carbonyl (C=O) groups excluding carboxylic acids is 1. The molecule has 1 unspecified atom stereocenters. The van der Waals surface area contributed by atoms with Gasteiger partial charge in [-0.25, -0.2) is 13.5 Å². The molecule has 1 aliphatic heterocycles. The van der Waals surface area contributed by atoms with Crippen molar-refractivity contribution in [1.82, 2.24) is 20.0 Å². The number of likely N-dealkylation sites (N-methyl/N-ethyl adjacent to an activating group) is 1. The number of hydrogen-bond acceptors (Lipinski definition) is 4. The van der Waals surface area contributed by atoms with Gasteiger partial charge in [0, 0.05) is 29.8 Å². The average Bonchev–Trinajstić information content (AvgIpc) is 2.71. The van der Waals surface area contributed by atoms with Crippen molar-refractivity contribution in [3.63, 3.8) is 0 Å². The number of likely N-dealkylation sites (tertiary alicyclic amines) is 1. The Kier molecular flexibility index (Phi) is 7.55. The van der Waals surface area contributed by atoms with Gasteiger partial charge >= 0.3 is 0 Å². The molecule has 31 heavy (non-hydrogen) atoms. The van der Waals surface area contributed by atoms with Crippen LogP contribution in [-0.4, -0.2) is 46.3 Å². The Balaban J connectivity index is 1.87. The molecule has 1 saturated heterocycles. The molecule has 0 bridgehead atoms. The van der Waals surface area contributed by atoms with Crippen molar-refractivity contribution in [2.45, 2.75) is 52.1 Å². The van der Waals surface area contributed by atoms with Gasteiger partial charge in [-0.2, -0.15) is 5.10 Å². The zero-order valence-electron chi connectivity index (χ0n) is 18.1. The van der Waals surface area contributed by atoms with Crippen molar-refractivity contribution in [2.24, 2.45) is 0 Å². The summed E-state index contributed by atoms with van der Waals surface area (Å²) in [7, 11) is 2.33. The van der Waals surface area contributed by atoms with Crippen LogP contribution in [-0.2, 0) is 11.3 Å². The molecule has 0 saturated carbocycles. The number of rotatable bonds is 6. The molecule has 1 aromatic carbocycles. The quantitative estimate of drug-likeness (QED) is 0.687. The predicted molar refractivity (Wildman–Crippen MR) is 121 cm³/mol. The first-order valence-electron chi connectivity index (χ1n) is 10.6. The molecular weight excluding hydrogens is 421 g/mol. The molecule has 9 heteroatoms. The Morgan fingerprint density at radius 1 is 1.29 bits per heavy atom. The van der Waals surface area contributed by atoms with Crippen LogP contribution in [0.25, 0.3) is 11.1 Å². The van der Waals surface area contributed by atoms with Gasteiger partial charge in [0.1, 0.15) is 6.54 Å². The SMILES string of the molecule is CCN1CCC[C@H](NC(=O)Cn2nc(C(C)C)c(-c3cc(P)cc(F)c3F)cc2=O)C1. The number of nitrogens with zero attached hydrogens (tertiary/aromatic N) is 3. The first-order valence-corrected chi connectivity index (χ1v) is 11.2. The molecule has 168 valence electrons. The minimum Gasteiger partial charge on any atom is -0.350 e. The number of carbonyl (C=O) groups is 1. The van der Waals surface area contributed by atoms with Crippen molar-refractivity contribution >= 4 is 20.5 Å². The van der Waals surface area contributed by atoms with Crippen molar-refractivity contribution in [3.05, 3.63) is 45.9 Å². The Bertz CT molecular complexity index is 1030. The molecule has 6 nitrogen and oxygen atoms in total. The number of halogens is 2. The van der Waals surface area contributed by atoms with Gasteiger partial charge in [0.2, 0.25) is 5.91 Å². The van der Waals surface area contributed by atoms with Crippen molar-refractivity contribution in [1.29, 1.82) is 0 Å². The van der Waals surface area contributed by atoms with E-state index in [-0.39, 0.29) is 35.5 Å². The molecule has 1 aliphatic rings. The van der Waals surface area contributed by atoms with Crippen molar-refractivity contribution in [2.75, 3.05) is 19.6 Å². The first-order chi connectivity index (χ1) is 14.7. The zero-order chi connectivity index (χ0) is 22.7. The molecule has 3 rings (SSSR count). The van der Waals surface area contributed by atoms with Crippen LogP contribution >= 0.6 is 9.24 Å². The third kappa shape index (κ3) is 5.55. The monoisotopic (exact) mass is 450 g/mol. The first kappa shape index (κ1) is 23.5. The molecule has 1 aromatic heterocycles. The summed E-state index contributed by atoms with van der Waals surface area (Å²) < 4.78 is 29.5. The summed E-state index contributed by atoms with van der Waals surface area (Å²) in [5.41, 5.74) is 0.110. The summed E-state index contributed by atoms with van der Waals surface area (Å²) in [4.78, 5) is 27.5. The maximum Gasteiger partial charge on any atom is 0.267 e. The minimum atomic E-state index is -1.03. The number of piperidine rings is 1. The Labute approximate surface area is 183 Å². The van der Waals surface area contributed by atoms with Crippen LogP contribution in [0.5, 0.6) is 0 Å². The van der Waals surface area contributed by atoms with Crippen LogP contribution in [0, 0.1) is 11.6 Å². The van der Waals surface area contributed by atoms with Crippen LogP contribution in [0.3, 0.4) is 0 Å². The largest absolute Gasteiger partial charge is 0.350 e. The van der Waals surface area contributed by atoms with E-state index in [0.29, 0.717) is 11.0 Å². The third-order valence-electron chi connectivity index (χ3n) is 5.53. The average molecular weight is 450 g/mol. The Morgan fingerprint density at radius 2 is 2.03 bits per heavy atom. The van der Waals surface area contributed by atoms with Crippen LogP contribution in [0.2, 0.25) is 0 Å². The summed E-state index contributed by atoms with van der Waals surface area (Å²) in [5.74, 6) is -2.47. The van der Waals surface area contributed by atoms with Crippen LogP contribution in [0.15, 0.2) is 23.0 Å². The topological polar surface area (TPSA) is 67.2 Å². The second-order valence-corrected chi connectivity index (χ2v) is 8.92. The number of benzene rings is 1. The smallest absolute Gasteiger partial charge is 0.267 e. The molecular formula is C22H29F2N4O2P. The summed E-state index contributed by atoms with van der Waals surface area (Å²) in [6, 6.07) is 3.81. The molecule has 1 N–H and O–H groups in total. The molecule has 2 heterocycles. The highest BCUT2D eigenvalue weighted by Gasteiger charge is 2.22. The lowest BCUT2D eigenvalue weighted by Gasteiger charge is -2.32. The number of hydrogen-bond donors (Lipinski definition) is 1. The highest BCUT2D eigenvalue weighted by atomic mass is 31.0. The molecule has 1 amide bonds. The molecule has 0 spiro atoms. The fourth-order valence-electron chi connectivity index (χ4n) is 3.94. The second kappa shape index (κ2) is 9.96. The van der Waals surface area contributed by atoms with E-state index in [2.05, 4.69) is 31.5 Å². The minimum absolute atomic E-state index is 0.0169. The van der Waals surface area contributed by atoms with E-state index in [1.54, 1.807) is 0 Å². The van der Waals surface area contributed by atoms with Crippen LogP contribution in [0.4, 0.5) is 8.78 Å². The van der Waals surface area contributed by atoms with Crippen molar-refractivity contribution in [3.8, 4) is 11.1 Å². The molecule has 2 aromatic rings. The molecule has 0 aliphatic carbocycles. The molecule has 1 fully saturated rings. The maximum atomic E-state index is 14.5. The molecule has 2 atom stereocenters. The number of aromatic nitrogens is 2. The summed E-state index contributed by atoms with van der Waals surface area (Å²) in [5, 5.41) is 7.79. The summed E-state index contributed by atoms with van der Waals surface area (Å²) in [6.07, 6.45) is 1.91. The molecule has 0 radical (unpaired) electrons.